The molecule has 0 radical (unpaired) electrons. The minimum absolute atomic E-state index is 0.166. The second-order valence-corrected chi connectivity index (χ2v) is 5.27. The van der Waals surface area contributed by atoms with Crippen molar-refractivity contribution >= 4 is 0 Å². The number of ether oxygens (including phenoxy) is 2. The fraction of sp³-hybridized carbons (Fsp3) is 0.625. The van der Waals surface area contributed by atoms with Crippen LogP contribution < -0.4 is 5.32 Å². The van der Waals surface area contributed by atoms with Crippen LogP contribution in [0.15, 0.2) is 24.3 Å². The Morgan fingerprint density at radius 3 is 2.90 bits per heavy atom. The Kier molecular flexibility index (Phi) is 6.43. The maximum Gasteiger partial charge on any atom is 0.129 e. The van der Waals surface area contributed by atoms with Crippen molar-refractivity contribution in [2.45, 2.75) is 25.4 Å². The van der Waals surface area contributed by atoms with Gasteiger partial charge in [-0.2, -0.15) is 0 Å². The maximum absolute atomic E-state index is 14.0. The van der Waals surface area contributed by atoms with Crippen molar-refractivity contribution in [1.82, 2.24) is 5.32 Å². The number of halogens is 1. The quantitative estimate of drug-likeness (QED) is 0.780. The SMILES string of the molecule is COCCCOC(c1ccccc1F)C1CCCNC1. The Bertz CT molecular complexity index is 394. The Balaban J connectivity index is 2.04. The molecule has 0 aliphatic carbocycles. The molecule has 1 aliphatic heterocycles. The minimum atomic E-state index is -0.171. The Hall–Kier alpha value is -0.970. The van der Waals surface area contributed by atoms with E-state index in [9.17, 15) is 4.39 Å². The van der Waals surface area contributed by atoms with Crippen LogP contribution in [0.3, 0.4) is 0 Å². The Morgan fingerprint density at radius 2 is 2.20 bits per heavy atom. The monoisotopic (exact) mass is 281 g/mol. The van der Waals surface area contributed by atoms with Crippen LogP contribution in [0.1, 0.15) is 30.9 Å². The highest BCUT2D eigenvalue weighted by atomic mass is 19.1. The van der Waals surface area contributed by atoms with Crippen LogP contribution in [0.25, 0.3) is 0 Å². The van der Waals surface area contributed by atoms with Crippen molar-refractivity contribution in [3.63, 3.8) is 0 Å². The molecule has 0 spiro atoms. The lowest BCUT2D eigenvalue weighted by Crippen LogP contribution is -2.34. The van der Waals surface area contributed by atoms with Crippen LogP contribution in [0, 0.1) is 11.7 Å². The molecule has 1 aromatic rings. The van der Waals surface area contributed by atoms with Gasteiger partial charge < -0.3 is 14.8 Å². The second-order valence-electron chi connectivity index (χ2n) is 5.27. The molecular formula is C16H24FNO2. The Labute approximate surface area is 120 Å². The molecule has 2 atom stereocenters. The van der Waals surface area contributed by atoms with Crippen LogP contribution in [-0.4, -0.2) is 33.4 Å². The van der Waals surface area contributed by atoms with Gasteiger partial charge >= 0.3 is 0 Å². The molecule has 0 bridgehead atoms. The van der Waals surface area contributed by atoms with Gasteiger partial charge in [-0.1, -0.05) is 18.2 Å². The molecule has 2 unspecified atom stereocenters. The average molecular weight is 281 g/mol. The first-order valence-electron chi connectivity index (χ1n) is 7.38. The molecule has 112 valence electrons. The van der Waals surface area contributed by atoms with E-state index in [1.54, 1.807) is 13.2 Å². The lowest BCUT2D eigenvalue weighted by molar-refractivity contribution is -0.00697. The number of hydrogen-bond donors (Lipinski definition) is 1. The summed E-state index contributed by atoms with van der Waals surface area (Å²) >= 11 is 0. The molecule has 1 N–H and O–H groups in total. The van der Waals surface area contributed by atoms with E-state index >= 15 is 0 Å². The summed E-state index contributed by atoms with van der Waals surface area (Å²) in [5, 5.41) is 3.38. The molecular weight excluding hydrogens is 257 g/mol. The summed E-state index contributed by atoms with van der Waals surface area (Å²) in [6, 6.07) is 6.95. The third kappa shape index (κ3) is 4.27. The van der Waals surface area contributed by atoms with Crippen molar-refractivity contribution in [1.29, 1.82) is 0 Å². The van der Waals surface area contributed by atoms with Gasteiger partial charge in [0.25, 0.3) is 0 Å². The first-order valence-corrected chi connectivity index (χ1v) is 7.38. The normalized spacial score (nSPS) is 20.8. The lowest BCUT2D eigenvalue weighted by Gasteiger charge is -2.31. The van der Waals surface area contributed by atoms with Gasteiger partial charge in [0, 0.05) is 38.3 Å². The number of nitrogens with one attached hydrogen (secondary N) is 1. The average Bonchev–Trinajstić information content (AvgIpc) is 2.49. The van der Waals surface area contributed by atoms with Crippen LogP contribution in [-0.2, 0) is 9.47 Å². The van der Waals surface area contributed by atoms with E-state index in [1.165, 1.54) is 6.07 Å². The van der Waals surface area contributed by atoms with Gasteiger partial charge in [-0.25, -0.2) is 4.39 Å². The summed E-state index contributed by atoms with van der Waals surface area (Å²) in [7, 11) is 1.68. The summed E-state index contributed by atoms with van der Waals surface area (Å²) in [4.78, 5) is 0. The van der Waals surface area contributed by atoms with Crippen molar-refractivity contribution in [2.24, 2.45) is 5.92 Å². The third-order valence-electron chi connectivity index (χ3n) is 3.77. The lowest BCUT2D eigenvalue weighted by atomic mass is 9.89. The molecule has 2 rings (SSSR count). The van der Waals surface area contributed by atoms with Gasteiger partial charge in [-0.05, 0) is 31.9 Å². The molecule has 1 aliphatic rings. The van der Waals surface area contributed by atoms with Crippen molar-refractivity contribution in [2.75, 3.05) is 33.4 Å². The molecule has 1 heterocycles. The van der Waals surface area contributed by atoms with Crippen molar-refractivity contribution in [3.8, 4) is 0 Å². The van der Waals surface area contributed by atoms with Gasteiger partial charge in [-0.15, -0.1) is 0 Å². The molecule has 1 fully saturated rings. The number of piperidine rings is 1. The fourth-order valence-corrected chi connectivity index (χ4v) is 2.74. The number of rotatable bonds is 7. The van der Waals surface area contributed by atoms with E-state index in [4.69, 9.17) is 9.47 Å². The summed E-state index contributed by atoms with van der Waals surface area (Å²) in [5.41, 5.74) is 0.679. The molecule has 0 saturated carbocycles. The molecule has 20 heavy (non-hydrogen) atoms. The molecule has 0 amide bonds. The van der Waals surface area contributed by atoms with E-state index in [-0.39, 0.29) is 11.9 Å². The van der Waals surface area contributed by atoms with Crippen LogP contribution in [0.2, 0.25) is 0 Å². The molecule has 0 aromatic heterocycles. The maximum atomic E-state index is 14.0. The second kappa shape index (κ2) is 8.35. The molecule has 4 heteroatoms. The van der Waals surface area contributed by atoms with E-state index in [0.29, 0.717) is 24.7 Å². The highest BCUT2D eigenvalue weighted by Gasteiger charge is 2.27. The highest BCUT2D eigenvalue weighted by Crippen LogP contribution is 2.32. The largest absolute Gasteiger partial charge is 0.385 e. The number of hydrogen-bond acceptors (Lipinski definition) is 3. The van der Waals surface area contributed by atoms with E-state index in [1.807, 2.05) is 12.1 Å². The summed E-state index contributed by atoms with van der Waals surface area (Å²) in [6.45, 7) is 3.21. The first kappa shape index (κ1) is 15.4. The smallest absolute Gasteiger partial charge is 0.129 e. The molecule has 1 saturated heterocycles. The van der Waals surface area contributed by atoms with E-state index < -0.39 is 0 Å². The van der Waals surface area contributed by atoms with Gasteiger partial charge in [-0.3, -0.25) is 0 Å². The molecule has 3 nitrogen and oxygen atoms in total. The summed E-state index contributed by atoms with van der Waals surface area (Å²) in [5.74, 6) is 0.165. The molecule has 1 aromatic carbocycles. The van der Waals surface area contributed by atoms with Crippen molar-refractivity contribution in [3.05, 3.63) is 35.6 Å². The number of methoxy groups -OCH3 is 1. The van der Waals surface area contributed by atoms with Crippen LogP contribution in [0.4, 0.5) is 4.39 Å². The Morgan fingerprint density at radius 1 is 1.35 bits per heavy atom. The standard InChI is InChI=1S/C16H24FNO2/c1-19-10-5-11-20-16(13-6-4-9-18-12-13)14-7-2-3-8-15(14)17/h2-3,7-8,13,16,18H,4-6,9-12H2,1H3. The first-order chi connectivity index (χ1) is 9.83. The van der Waals surface area contributed by atoms with Crippen LogP contribution in [0.5, 0.6) is 0 Å². The van der Waals surface area contributed by atoms with Crippen LogP contribution >= 0.6 is 0 Å². The zero-order chi connectivity index (χ0) is 14.2. The summed E-state index contributed by atoms with van der Waals surface area (Å²) < 4.78 is 25.1. The predicted molar refractivity (Wildman–Crippen MR) is 77.2 cm³/mol. The zero-order valence-electron chi connectivity index (χ0n) is 12.1. The third-order valence-corrected chi connectivity index (χ3v) is 3.77. The van der Waals surface area contributed by atoms with Gasteiger partial charge in [0.15, 0.2) is 0 Å². The van der Waals surface area contributed by atoms with E-state index in [2.05, 4.69) is 5.32 Å². The number of benzene rings is 1. The van der Waals surface area contributed by atoms with Gasteiger partial charge in [0.2, 0.25) is 0 Å². The van der Waals surface area contributed by atoms with Crippen molar-refractivity contribution < 1.29 is 13.9 Å². The highest BCUT2D eigenvalue weighted by molar-refractivity contribution is 5.21. The zero-order valence-corrected chi connectivity index (χ0v) is 12.1. The fourth-order valence-electron chi connectivity index (χ4n) is 2.74. The van der Waals surface area contributed by atoms with Gasteiger partial charge in [0.05, 0.1) is 6.10 Å². The van der Waals surface area contributed by atoms with Gasteiger partial charge in [0.1, 0.15) is 5.82 Å². The minimum Gasteiger partial charge on any atom is -0.385 e. The summed E-state index contributed by atoms with van der Waals surface area (Å²) in [6.07, 6.45) is 2.87. The predicted octanol–water partition coefficient (Wildman–Crippen LogP) is 2.92. The topological polar surface area (TPSA) is 30.5 Å². The van der Waals surface area contributed by atoms with E-state index in [0.717, 1.165) is 32.4 Å².